The van der Waals surface area contributed by atoms with E-state index in [1.807, 2.05) is 17.5 Å². The third-order valence-corrected chi connectivity index (χ3v) is 5.14. The summed E-state index contributed by atoms with van der Waals surface area (Å²) in [7, 11) is 0. The summed E-state index contributed by atoms with van der Waals surface area (Å²) in [5.41, 5.74) is 0.585. The van der Waals surface area contributed by atoms with Crippen molar-refractivity contribution >= 4 is 17.1 Å². The smallest absolute Gasteiger partial charge is 0.241 e. The number of aromatic nitrogens is 4. The van der Waals surface area contributed by atoms with E-state index >= 15 is 0 Å². The van der Waals surface area contributed by atoms with Crippen LogP contribution in [0.1, 0.15) is 28.4 Å². The molecule has 4 heterocycles. The average molecular weight is 355 g/mol. The van der Waals surface area contributed by atoms with E-state index in [2.05, 4.69) is 25.0 Å². The van der Waals surface area contributed by atoms with E-state index in [1.54, 1.807) is 18.6 Å². The van der Waals surface area contributed by atoms with Crippen LogP contribution in [0.2, 0.25) is 0 Å². The first-order valence-electron chi connectivity index (χ1n) is 8.18. The number of hydrogen-bond acceptors (Lipinski definition) is 8. The maximum absolute atomic E-state index is 12.6. The minimum Gasteiger partial charge on any atom is -0.337 e. The molecule has 1 atom stereocenters. The lowest BCUT2D eigenvalue weighted by Crippen LogP contribution is -2.38. The summed E-state index contributed by atoms with van der Waals surface area (Å²) < 4.78 is 5.34. The van der Waals surface area contributed by atoms with Crippen LogP contribution >= 0.6 is 11.3 Å². The number of ketones is 1. The van der Waals surface area contributed by atoms with Gasteiger partial charge in [-0.2, -0.15) is 4.98 Å². The summed E-state index contributed by atoms with van der Waals surface area (Å²) >= 11 is 1.51. The molecule has 0 amide bonds. The van der Waals surface area contributed by atoms with Gasteiger partial charge in [0.15, 0.2) is 5.78 Å². The molecule has 8 heteroatoms. The molecular weight excluding hydrogens is 338 g/mol. The summed E-state index contributed by atoms with van der Waals surface area (Å²) in [5.74, 6) is 1.25. The quantitative estimate of drug-likeness (QED) is 0.650. The van der Waals surface area contributed by atoms with Gasteiger partial charge >= 0.3 is 0 Å². The van der Waals surface area contributed by atoms with Crippen molar-refractivity contribution in [2.75, 3.05) is 13.1 Å². The molecule has 0 saturated carbocycles. The molecule has 0 bridgehead atoms. The summed E-state index contributed by atoms with van der Waals surface area (Å²) in [4.78, 5) is 28.2. The Bertz CT molecular complexity index is 834. The number of nitrogens with zero attached hydrogens (tertiary/aromatic N) is 5. The monoisotopic (exact) mass is 355 g/mol. The van der Waals surface area contributed by atoms with Crippen LogP contribution in [-0.4, -0.2) is 43.9 Å². The predicted octanol–water partition coefficient (Wildman–Crippen LogP) is 2.68. The largest absolute Gasteiger partial charge is 0.337 e. The summed E-state index contributed by atoms with van der Waals surface area (Å²) in [6.07, 6.45) is 6.72. The number of hydrogen-bond donors (Lipinski definition) is 0. The van der Waals surface area contributed by atoms with Gasteiger partial charge < -0.3 is 4.52 Å². The number of Topliss-reactive ketones (excluding diaryl/α,β-unsaturated/α-hetero) is 1. The first-order chi connectivity index (χ1) is 12.3. The Morgan fingerprint density at radius 3 is 3.16 bits per heavy atom. The SMILES string of the molecule is O=C(c1cccs1)[C@H]1CCCN(Cc2nc(-c3cnccn3)no2)C1. The standard InChI is InChI=1S/C17H17N5O2S/c23-16(14-4-2-8-25-14)12-3-1-7-22(10-12)11-15-20-17(21-24-15)13-9-18-5-6-19-13/h2,4-6,8-9,12H,1,3,7,10-11H2/t12-/m0/s1. The normalized spacial score (nSPS) is 18.3. The van der Waals surface area contributed by atoms with Crippen LogP contribution in [0.5, 0.6) is 0 Å². The zero-order chi connectivity index (χ0) is 17.1. The van der Waals surface area contributed by atoms with E-state index < -0.39 is 0 Å². The summed E-state index contributed by atoms with van der Waals surface area (Å²) in [5, 5.41) is 5.91. The second kappa shape index (κ2) is 7.20. The minimum atomic E-state index is 0.0368. The molecular formula is C17H17N5O2S. The lowest BCUT2D eigenvalue weighted by molar-refractivity contribution is 0.0801. The number of thiophene rings is 1. The highest BCUT2D eigenvalue weighted by molar-refractivity contribution is 7.12. The molecule has 1 saturated heterocycles. The van der Waals surface area contributed by atoms with Gasteiger partial charge in [0.05, 0.1) is 17.6 Å². The summed E-state index contributed by atoms with van der Waals surface area (Å²) in [6.45, 7) is 2.19. The number of likely N-dealkylation sites (tertiary alicyclic amines) is 1. The Hall–Kier alpha value is -2.45. The Morgan fingerprint density at radius 1 is 1.40 bits per heavy atom. The number of rotatable bonds is 5. The highest BCUT2D eigenvalue weighted by Crippen LogP contribution is 2.24. The predicted molar refractivity (Wildman–Crippen MR) is 92.0 cm³/mol. The Kier molecular flexibility index (Phi) is 4.62. The van der Waals surface area contributed by atoms with Crippen molar-refractivity contribution < 1.29 is 9.32 Å². The van der Waals surface area contributed by atoms with Gasteiger partial charge in [0.25, 0.3) is 0 Å². The molecule has 0 unspecified atom stereocenters. The molecule has 0 aliphatic carbocycles. The minimum absolute atomic E-state index is 0.0368. The number of carbonyl (C=O) groups excluding carboxylic acids is 1. The highest BCUT2D eigenvalue weighted by Gasteiger charge is 2.28. The zero-order valence-electron chi connectivity index (χ0n) is 13.5. The van der Waals surface area contributed by atoms with Gasteiger partial charge in [0.2, 0.25) is 11.7 Å². The van der Waals surface area contributed by atoms with Gasteiger partial charge in [0, 0.05) is 24.9 Å². The molecule has 128 valence electrons. The van der Waals surface area contributed by atoms with Gasteiger partial charge in [-0.05, 0) is 30.8 Å². The second-order valence-electron chi connectivity index (χ2n) is 6.02. The molecule has 3 aromatic heterocycles. The summed E-state index contributed by atoms with van der Waals surface area (Å²) in [6, 6.07) is 3.82. The van der Waals surface area contributed by atoms with Crippen molar-refractivity contribution in [2.24, 2.45) is 5.92 Å². The van der Waals surface area contributed by atoms with E-state index in [-0.39, 0.29) is 11.7 Å². The molecule has 1 aliphatic heterocycles. The molecule has 0 N–H and O–H groups in total. The van der Waals surface area contributed by atoms with Crippen molar-refractivity contribution in [3.05, 3.63) is 46.9 Å². The van der Waals surface area contributed by atoms with Crippen LogP contribution in [0.25, 0.3) is 11.5 Å². The van der Waals surface area contributed by atoms with Crippen molar-refractivity contribution in [1.82, 2.24) is 25.0 Å². The number of piperidine rings is 1. The highest BCUT2D eigenvalue weighted by atomic mass is 32.1. The van der Waals surface area contributed by atoms with E-state index in [4.69, 9.17) is 4.52 Å². The fourth-order valence-electron chi connectivity index (χ4n) is 3.06. The Morgan fingerprint density at radius 2 is 2.36 bits per heavy atom. The third-order valence-electron chi connectivity index (χ3n) is 4.26. The average Bonchev–Trinajstić information content (AvgIpc) is 3.34. The van der Waals surface area contributed by atoms with E-state index in [9.17, 15) is 4.79 Å². The lowest BCUT2D eigenvalue weighted by Gasteiger charge is -2.30. The first kappa shape index (κ1) is 16.0. The molecule has 4 rings (SSSR count). The zero-order valence-corrected chi connectivity index (χ0v) is 14.4. The Labute approximate surface area is 148 Å². The van der Waals surface area contributed by atoms with Crippen LogP contribution in [0, 0.1) is 5.92 Å². The topological polar surface area (TPSA) is 85.0 Å². The Balaban J connectivity index is 1.41. The fraction of sp³-hybridized carbons (Fsp3) is 0.353. The molecule has 1 aliphatic rings. The van der Waals surface area contributed by atoms with E-state index in [0.29, 0.717) is 24.0 Å². The molecule has 0 aromatic carbocycles. The second-order valence-corrected chi connectivity index (χ2v) is 6.97. The third kappa shape index (κ3) is 3.64. The molecule has 7 nitrogen and oxygen atoms in total. The van der Waals surface area contributed by atoms with Gasteiger partial charge in [-0.3, -0.25) is 14.7 Å². The van der Waals surface area contributed by atoms with Crippen LogP contribution in [0.15, 0.2) is 40.6 Å². The molecule has 1 fully saturated rings. The molecule has 0 radical (unpaired) electrons. The van der Waals surface area contributed by atoms with Gasteiger partial charge in [0.1, 0.15) is 5.69 Å². The van der Waals surface area contributed by atoms with Gasteiger partial charge in [-0.15, -0.1) is 11.3 Å². The molecule has 25 heavy (non-hydrogen) atoms. The molecule has 3 aromatic rings. The van der Waals surface area contributed by atoms with Crippen molar-refractivity contribution in [1.29, 1.82) is 0 Å². The fourth-order valence-corrected chi connectivity index (χ4v) is 3.81. The van der Waals surface area contributed by atoms with E-state index in [0.717, 1.165) is 30.8 Å². The van der Waals surface area contributed by atoms with Crippen LogP contribution in [0.3, 0.4) is 0 Å². The van der Waals surface area contributed by atoms with Crippen LogP contribution < -0.4 is 0 Å². The van der Waals surface area contributed by atoms with Gasteiger partial charge in [-0.1, -0.05) is 11.2 Å². The van der Waals surface area contributed by atoms with Crippen LogP contribution in [0.4, 0.5) is 0 Å². The van der Waals surface area contributed by atoms with E-state index in [1.165, 1.54) is 11.3 Å². The maximum Gasteiger partial charge on any atom is 0.241 e. The number of carbonyl (C=O) groups is 1. The van der Waals surface area contributed by atoms with Crippen molar-refractivity contribution in [3.63, 3.8) is 0 Å². The first-order valence-corrected chi connectivity index (χ1v) is 9.06. The van der Waals surface area contributed by atoms with Crippen LogP contribution in [-0.2, 0) is 6.54 Å². The van der Waals surface area contributed by atoms with Crippen molar-refractivity contribution in [3.8, 4) is 11.5 Å². The lowest BCUT2D eigenvalue weighted by atomic mass is 9.93. The van der Waals surface area contributed by atoms with Crippen molar-refractivity contribution in [2.45, 2.75) is 19.4 Å². The van der Waals surface area contributed by atoms with Gasteiger partial charge in [-0.25, -0.2) is 4.98 Å². The maximum atomic E-state index is 12.6. The molecule has 0 spiro atoms.